The smallest absolute Gasteiger partial charge is 0.323 e. The zero-order valence-electron chi connectivity index (χ0n) is 9.66. The first kappa shape index (κ1) is 11.2. The summed E-state index contributed by atoms with van der Waals surface area (Å²) in [4.78, 5) is 28.6. The van der Waals surface area contributed by atoms with Crippen LogP contribution in [0.2, 0.25) is 0 Å². The van der Waals surface area contributed by atoms with Crippen LogP contribution in [-0.4, -0.2) is 41.6 Å². The summed E-state index contributed by atoms with van der Waals surface area (Å²) in [5, 5.41) is 3.12. The Kier molecular flexibility index (Phi) is 2.73. The van der Waals surface area contributed by atoms with Gasteiger partial charge in [-0.05, 0) is 18.2 Å². The number of carbonyl (C=O) groups is 1. The van der Waals surface area contributed by atoms with E-state index in [2.05, 4.69) is 15.3 Å². The number of morpholine rings is 1. The summed E-state index contributed by atoms with van der Waals surface area (Å²) in [7, 11) is 0. The molecule has 2 heterocycles. The topological polar surface area (TPSA) is 87.0 Å². The Bertz CT molecular complexity index is 637. The average molecular weight is 247 g/mol. The molecule has 0 radical (unpaired) electrons. The molecule has 3 rings (SSSR count). The third kappa shape index (κ3) is 1.96. The molecule has 1 fully saturated rings. The van der Waals surface area contributed by atoms with Crippen LogP contribution in [0.25, 0.3) is 11.0 Å². The number of imidazole rings is 1. The maximum atomic E-state index is 12.2. The van der Waals surface area contributed by atoms with Crippen molar-refractivity contribution in [2.45, 2.75) is 6.10 Å². The van der Waals surface area contributed by atoms with Crippen LogP contribution in [0.3, 0.4) is 0 Å². The Hall–Kier alpha value is -1.92. The number of Topliss-reactive ketones (excluding diaryl/α,β-unsaturated/α-hetero) is 1. The summed E-state index contributed by atoms with van der Waals surface area (Å²) in [5.41, 5.74) is 1.60. The summed E-state index contributed by atoms with van der Waals surface area (Å²) in [6.07, 6.45) is -0.443. The largest absolute Gasteiger partial charge is 0.367 e. The van der Waals surface area contributed by atoms with Crippen molar-refractivity contribution in [1.82, 2.24) is 15.3 Å². The van der Waals surface area contributed by atoms with Crippen molar-refractivity contribution in [1.29, 1.82) is 0 Å². The molecule has 1 aliphatic heterocycles. The lowest BCUT2D eigenvalue weighted by atomic mass is 10.0. The molecule has 3 N–H and O–H groups in total. The van der Waals surface area contributed by atoms with Crippen molar-refractivity contribution in [3.8, 4) is 0 Å². The SMILES string of the molecule is O=C(c1ccc2[nH]c(=O)[nH]c2c1)C1CNCCO1. The zero-order valence-corrected chi connectivity index (χ0v) is 9.66. The summed E-state index contributed by atoms with van der Waals surface area (Å²) >= 11 is 0. The van der Waals surface area contributed by atoms with Gasteiger partial charge < -0.3 is 20.0 Å². The number of hydrogen-bond acceptors (Lipinski definition) is 4. The highest BCUT2D eigenvalue weighted by molar-refractivity contribution is 6.01. The molecule has 1 aliphatic rings. The Labute approximate surface area is 102 Å². The average Bonchev–Trinajstić information content (AvgIpc) is 2.78. The second-order valence-electron chi connectivity index (χ2n) is 4.27. The molecule has 1 saturated heterocycles. The lowest BCUT2D eigenvalue weighted by Crippen LogP contribution is -2.43. The van der Waals surface area contributed by atoms with Crippen molar-refractivity contribution >= 4 is 16.8 Å². The fourth-order valence-corrected chi connectivity index (χ4v) is 2.11. The van der Waals surface area contributed by atoms with E-state index in [0.29, 0.717) is 29.7 Å². The number of aromatic amines is 2. The minimum atomic E-state index is -0.443. The van der Waals surface area contributed by atoms with E-state index in [0.717, 1.165) is 6.54 Å². The van der Waals surface area contributed by atoms with E-state index in [-0.39, 0.29) is 11.5 Å². The quantitative estimate of drug-likeness (QED) is 0.653. The first-order chi connectivity index (χ1) is 8.74. The third-order valence-electron chi connectivity index (χ3n) is 3.02. The molecule has 0 saturated carbocycles. The van der Waals surface area contributed by atoms with E-state index in [1.54, 1.807) is 18.2 Å². The molecule has 0 bridgehead atoms. The molecule has 1 aromatic carbocycles. The molecule has 6 heteroatoms. The fourth-order valence-electron chi connectivity index (χ4n) is 2.11. The number of fused-ring (bicyclic) bond motifs is 1. The number of benzene rings is 1. The summed E-state index contributed by atoms with van der Waals surface area (Å²) < 4.78 is 5.42. The first-order valence-electron chi connectivity index (χ1n) is 5.82. The molecule has 1 aromatic heterocycles. The number of rotatable bonds is 2. The first-order valence-corrected chi connectivity index (χ1v) is 5.82. The fraction of sp³-hybridized carbons (Fsp3) is 0.333. The van der Waals surface area contributed by atoms with Gasteiger partial charge in [0, 0.05) is 18.7 Å². The molecule has 18 heavy (non-hydrogen) atoms. The highest BCUT2D eigenvalue weighted by atomic mass is 16.5. The maximum absolute atomic E-state index is 12.2. The van der Waals surface area contributed by atoms with Crippen LogP contribution in [0.15, 0.2) is 23.0 Å². The van der Waals surface area contributed by atoms with Crippen LogP contribution in [0.5, 0.6) is 0 Å². The van der Waals surface area contributed by atoms with E-state index in [9.17, 15) is 9.59 Å². The van der Waals surface area contributed by atoms with E-state index in [1.165, 1.54) is 0 Å². The number of hydrogen-bond donors (Lipinski definition) is 3. The monoisotopic (exact) mass is 247 g/mol. The van der Waals surface area contributed by atoms with E-state index in [4.69, 9.17) is 4.74 Å². The van der Waals surface area contributed by atoms with Crippen molar-refractivity contribution in [3.05, 3.63) is 34.2 Å². The molecule has 0 spiro atoms. The number of carbonyl (C=O) groups excluding carboxylic acids is 1. The number of nitrogens with one attached hydrogen (secondary N) is 3. The van der Waals surface area contributed by atoms with Crippen molar-refractivity contribution in [3.63, 3.8) is 0 Å². The van der Waals surface area contributed by atoms with Crippen LogP contribution in [0.1, 0.15) is 10.4 Å². The van der Waals surface area contributed by atoms with Gasteiger partial charge in [0.1, 0.15) is 6.10 Å². The second-order valence-corrected chi connectivity index (χ2v) is 4.27. The van der Waals surface area contributed by atoms with Gasteiger partial charge in [0.2, 0.25) is 0 Å². The predicted molar refractivity (Wildman–Crippen MR) is 65.9 cm³/mol. The van der Waals surface area contributed by atoms with Gasteiger partial charge in [-0.15, -0.1) is 0 Å². The lowest BCUT2D eigenvalue weighted by Gasteiger charge is -2.22. The Morgan fingerprint density at radius 2 is 2.11 bits per heavy atom. The van der Waals surface area contributed by atoms with Gasteiger partial charge in [-0.2, -0.15) is 0 Å². The second kappa shape index (κ2) is 4.40. The third-order valence-corrected chi connectivity index (χ3v) is 3.02. The summed E-state index contributed by atoms with van der Waals surface area (Å²) in [5.74, 6) is -0.0638. The van der Waals surface area contributed by atoms with Gasteiger partial charge in [-0.1, -0.05) is 0 Å². The van der Waals surface area contributed by atoms with Gasteiger partial charge in [0.05, 0.1) is 17.6 Å². The Morgan fingerprint density at radius 3 is 2.89 bits per heavy atom. The van der Waals surface area contributed by atoms with Gasteiger partial charge >= 0.3 is 5.69 Å². The highest BCUT2D eigenvalue weighted by Gasteiger charge is 2.23. The van der Waals surface area contributed by atoms with Gasteiger partial charge in [0.15, 0.2) is 5.78 Å². The molecule has 2 aromatic rings. The number of ether oxygens (including phenoxy) is 1. The van der Waals surface area contributed by atoms with Gasteiger partial charge in [-0.3, -0.25) is 4.79 Å². The van der Waals surface area contributed by atoms with Crippen molar-refractivity contribution in [2.75, 3.05) is 19.7 Å². The molecular formula is C12H13N3O3. The molecule has 1 atom stereocenters. The van der Waals surface area contributed by atoms with E-state index < -0.39 is 6.10 Å². The summed E-state index contributed by atoms with van der Waals surface area (Å²) in [6, 6.07) is 5.09. The van der Waals surface area contributed by atoms with Crippen molar-refractivity contribution in [2.24, 2.45) is 0 Å². The standard InChI is InChI=1S/C12H13N3O3/c16-11(10-6-13-3-4-18-10)7-1-2-8-9(5-7)15-12(17)14-8/h1-2,5,10,13H,3-4,6H2,(H2,14,15,17). The molecule has 6 nitrogen and oxygen atoms in total. The minimum Gasteiger partial charge on any atom is -0.367 e. The van der Waals surface area contributed by atoms with Crippen LogP contribution >= 0.6 is 0 Å². The Morgan fingerprint density at radius 1 is 1.28 bits per heavy atom. The Balaban J connectivity index is 1.92. The number of aromatic nitrogens is 2. The van der Waals surface area contributed by atoms with Gasteiger partial charge in [-0.25, -0.2) is 4.79 Å². The summed E-state index contributed by atoms with van der Waals surface area (Å²) in [6.45, 7) is 1.84. The van der Waals surface area contributed by atoms with Gasteiger partial charge in [0.25, 0.3) is 0 Å². The molecule has 0 amide bonds. The van der Waals surface area contributed by atoms with E-state index in [1.807, 2.05) is 0 Å². The minimum absolute atomic E-state index is 0.0638. The van der Waals surface area contributed by atoms with Crippen LogP contribution < -0.4 is 11.0 Å². The molecule has 0 aliphatic carbocycles. The normalized spacial score (nSPS) is 20.1. The molecule has 94 valence electrons. The van der Waals surface area contributed by atoms with Crippen LogP contribution in [0, 0.1) is 0 Å². The van der Waals surface area contributed by atoms with E-state index >= 15 is 0 Å². The maximum Gasteiger partial charge on any atom is 0.323 e. The lowest BCUT2D eigenvalue weighted by molar-refractivity contribution is 0.0269. The zero-order chi connectivity index (χ0) is 12.5. The molecule has 1 unspecified atom stereocenters. The predicted octanol–water partition coefficient (Wildman–Crippen LogP) is 0.0273. The number of ketones is 1. The number of H-pyrrole nitrogens is 2. The highest BCUT2D eigenvalue weighted by Crippen LogP contribution is 2.13. The molecular weight excluding hydrogens is 234 g/mol. The van der Waals surface area contributed by atoms with Crippen LogP contribution in [0.4, 0.5) is 0 Å². The van der Waals surface area contributed by atoms with Crippen LogP contribution in [-0.2, 0) is 4.74 Å². The van der Waals surface area contributed by atoms with Crippen molar-refractivity contribution < 1.29 is 9.53 Å².